The number of fused-ring (bicyclic) bond motifs is 1. The molecule has 1 heterocycles. The third-order valence-corrected chi connectivity index (χ3v) is 5.78. The largest absolute Gasteiger partial charge is 0.493 e. The molecule has 0 radical (unpaired) electrons. The van der Waals surface area contributed by atoms with Gasteiger partial charge in [-0.3, -0.25) is 9.59 Å². The Morgan fingerprint density at radius 2 is 1.67 bits per heavy atom. The van der Waals surface area contributed by atoms with Gasteiger partial charge in [0.15, 0.2) is 23.9 Å². The lowest BCUT2D eigenvalue weighted by Gasteiger charge is -2.12. The fourth-order valence-corrected chi connectivity index (χ4v) is 3.83. The first-order valence-electron chi connectivity index (χ1n) is 10.1. The maximum atomic E-state index is 13.3. The summed E-state index contributed by atoms with van der Waals surface area (Å²) in [4.78, 5) is 25.6. The molecule has 4 aromatic rings. The van der Waals surface area contributed by atoms with E-state index in [1.54, 1.807) is 81.8 Å². The smallest absolute Gasteiger partial charge is 0.200 e. The lowest BCUT2D eigenvalue weighted by Crippen LogP contribution is -2.12. The van der Waals surface area contributed by atoms with Crippen LogP contribution in [0.5, 0.6) is 17.2 Å². The number of methoxy groups -OCH3 is 2. The van der Waals surface area contributed by atoms with E-state index in [0.717, 1.165) is 4.47 Å². The molecule has 0 saturated heterocycles. The first kappa shape index (κ1) is 22.6. The van der Waals surface area contributed by atoms with Crippen LogP contribution in [0.25, 0.3) is 22.1 Å². The molecule has 1 aromatic heterocycles. The highest BCUT2D eigenvalue weighted by Crippen LogP contribution is 2.33. The number of Topliss-reactive ketones (excluding diaryl/α,β-unsaturated/α-hetero) is 1. The van der Waals surface area contributed by atoms with Crippen molar-refractivity contribution in [2.24, 2.45) is 0 Å². The Kier molecular flexibility index (Phi) is 6.51. The molecule has 7 heteroatoms. The number of ether oxygens (including phenoxy) is 3. The third kappa shape index (κ3) is 4.64. The van der Waals surface area contributed by atoms with E-state index >= 15 is 0 Å². The highest BCUT2D eigenvalue weighted by molar-refractivity contribution is 9.10. The van der Waals surface area contributed by atoms with Crippen LogP contribution in [0, 0.1) is 6.92 Å². The fraction of sp³-hybridized carbons (Fsp3) is 0.154. The average Bonchev–Trinajstić information content (AvgIpc) is 2.82. The molecule has 6 nitrogen and oxygen atoms in total. The highest BCUT2D eigenvalue weighted by atomic mass is 79.9. The van der Waals surface area contributed by atoms with Crippen molar-refractivity contribution in [2.45, 2.75) is 6.92 Å². The lowest BCUT2D eigenvalue weighted by molar-refractivity contribution is 0.0921. The molecule has 0 bridgehead atoms. The third-order valence-electron chi connectivity index (χ3n) is 5.25. The lowest BCUT2D eigenvalue weighted by atomic mass is 10.0. The Morgan fingerprint density at radius 3 is 2.36 bits per heavy atom. The van der Waals surface area contributed by atoms with Gasteiger partial charge in [0.2, 0.25) is 5.43 Å². The van der Waals surface area contributed by atoms with E-state index < -0.39 is 0 Å². The van der Waals surface area contributed by atoms with Gasteiger partial charge in [-0.2, -0.15) is 0 Å². The number of benzene rings is 3. The maximum Gasteiger partial charge on any atom is 0.200 e. The molecule has 0 atom stereocenters. The number of aryl methyl sites for hydroxylation is 1. The Balaban J connectivity index is 1.63. The minimum Gasteiger partial charge on any atom is -0.493 e. The summed E-state index contributed by atoms with van der Waals surface area (Å²) in [5.74, 6) is 1.85. The number of rotatable bonds is 7. The van der Waals surface area contributed by atoms with Crippen molar-refractivity contribution in [3.63, 3.8) is 0 Å². The number of hydrogen-bond acceptors (Lipinski definition) is 6. The van der Waals surface area contributed by atoms with E-state index in [9.17, 15) is 9.59 Å². The second-order valence-electron chi connectivity index (χ2n) is 7.31. The molecule has 168 valence electrons. The van der Waals surface area contributed by atoms with Gasteiger partial charge in [0.25, 0.3) is 0 Å². The maximum absolute atomic E-state index is 13.3. The topological polar surface area (TPSA) is 75.0 Å². The molecule has 0 aliphatic rings. The van der Waals surface area contributed by atoms with Crippen LogP contribution in [0.3, 0.4) is 0 Å². The Morgan fingerprint density at radius 1 is 0.939 bits per heavy atom. The molecular formula is C26H21BrO6. The summed E-state index contributed by atoms with van der Waals surface area (Å²) in [6.07, 6.45) is 0. The van der Waals surface area contributed by atoms with Crippen LogP contribution in [-0.4, -0.2) is 26.6 Å². The van der Waals surface area contributed by atoms with Crippen LogP contribution >= 0.6 is 15.9 Å². The Bertz CT molecular complexity index is 1390. The molecular weight excluding hydrogens is 488 g/mol. The van der Waals surface area contributed by atoms with Crippen molar-refractivity contribution >= 4 is 32.7 Å². The second kappa shape index (κ2) is 9.50. The van der Waals surface area contributed by atoms with E-state index in [-0.39, 0.29) is 17.8 Å². The Labute approximate surface area is 198 Å². The van der Waals surface area contributed by atoms with E-state index in [1.165, 1.54) is 0 Å². The van der Waals surface area contributed by atoms with Crippen molar-refractivity contribution < 1.29 is 23.4 Å². The van der Waals surface area contributed by atoms with Gasteiger partial charge in [0.1, 0.15) is 17.1 Å². The van der Waals surface area contributed by atoms with Crippen LogP contribution in [0.4, 0.5) is 0 Å². The molecule has 0 N–H and O–H groups in total. The van der Waals surface area contributed by atoms with Gasteiger partial charge in [-0.15, -0.1) is 0 Å². The predicted octanol–water partition coefficient (Wildman–Crippen LogP) is 5.81. The highest BCUT2D eigenvalue weighted by Gasteiger charge is 2.16. The first-order chi connectivity index (χ1) is 15.9. The van der Waals surface area contributed by atoms with E-state index in [1.807, 2.05) is 0 Å². The fourth-order valence-electron chi connectivity index (χ4n) is 3.57. The number of ketones is 1. The number of halogens is 1. The second-order valence-corrected chi connectivity index (χ2v) is 8.22. The van der Waals surface area contributed by atoms with Gasteiger partial charge in [-0.05, 0) is 48.9 Å². The summed E-state index contributed by atoms with van der Waals surface area (Å²) < 4.78 is 23.2. The molecule has 0 saturated carbocycles. The Hall–Kier alpha value is -3.58. The number of carbonyl (C=O) groups is 1. The monoisotopic (exact) mass is 508 g/mol. The van der Waals surface area contributed by atoms with Gasteiger partial charge >= 0.3 is 0 Å². The molecule has 3 aromatic carbocycles. The van der Waals surface area contributed by atoms with E-state index in [4.69, 9.17) is 18.6 Å². The zero-order valence-electron chi connectivity index (χ0n) is 18.3. The van der Waals surface area contributed by atoms with Crippen LogP contribution in [0.1, 0.15) is 16.1 Å². The van der Waals surface area contributed by atoms with Crippen molar-refractivity contribution in [1.82, 2.24) is 0 Å². The van der Waals surface area contributed by atoms with Gasteiger partial charge in [-0.25, -0.2) is 0 Å². The van der Waals surface area contributed by atoms with Crippen LogP contribution in [0.2, 0.25) is 0 Å². The van der Waals surface area contributed by atoms with Crippen molar-refractivity contribution in [2.75, 3.05) is 20.8 Å². The molecule has 0 spiro atoms. The minimum absolute atomic E-state index is 0.125. The molecule has 0 unspecified atom stereocenters. The van der Waals surface area contributed by atoms with Crippen LogP contribution < -0.4 is 19.6 Å². The van der Waals surface area contributed by atoms with Gasteiger partial charge in [0, 0.05) is 16.1 Å². The zero-order valence-corrected chi connectivity index (χ0v) is 19.9. The van der Waals surface area contributed by atoms with Crippen molar-refractivity contribution in [3.05, 3.63) is 86.7 Å². The molecule has 4 rings (SSSR count). The molecule has 0 aliphatic carbocycles. The van der Waals surface area contributed by atoms with E-state index in [2.05, 4.69) is 15.9 Å². The first-order valence-corrected chi connectivity index (χ1v) is 10.9. The van der Waals surface area contributed by atoms with Gasteiger partial charge in [-0.1, -0.05) is 34.1 Å². The molecule has 0 fully saturated rings. The van der Waals surface area contributed by atoms with E-state index in [0.29, 0.717) is 50.7 Å². The van der Waals surface area contributed by atoms with Gasteiger partial charge in [0.05, 0.1) is 25.2 Å². The standard InChI is InChI=1S/C26H21BrO6/c1-15-25(17-6-11-22(30-2)24(12-17)31-3)26(29)20-10-9-19(13-23(20)33-15)32-14-21(28)16-4-7-18(27)8-5-16/h4-13H,14H2,1-3H3. The molecule has 33 heavy (non-hydrogen) atoms. The zero-order chi connectivity index (χ0) is 23.5. The van der Waals surface area contributed by atoms with Crippen LogP contribution in [-0.2, 0) is 0 Å². The summed E-state index contributed by atoms with van der Waals surface area (Å²) in [7, 11) is 3.10. The number of hydrogen-bond donors (Lipinski definition) is 0. The summed E-state index contributed by atoms with van der Waals surface area (Å²) in [5, 5.41) is 0.414. The normalized spacial score (nSPS) is 10.8. The summed E-state index contributed by atoms with van der Waals surface area (Å²) in [6, 6.07) is 17.3. The summed E-state index contributed by atoms with van der Waals surface area (Å²) in [5.41, 5.74) is 1.89. The molecule has 0 amide bonds. The van der Waals surface area contributed by atoms with Crippen LogP contribution in [0.15, 0.2) is 74.3 Å². The van der Waals surface area contributed by atoms with Gasteiger partial charge < -0.3 is 18.6 Å². The van der Waals surface area contributed by atoms with Crippen molar-refractivity contribution in [1.29, 1.82) is 0 Å². The average molecular weight is 509 g/mol. The quantitative estimate of drug-likeness (QED) is 0.293. The summed E-state index contributed by atoms with van der Waals surface area (Å²) >= 11 is 3.35. The molecule has 0 aliphatic heterocycles. The minimum atomic E-state index is -0.168. The SMILES string of the molecule is COc1ccc(-c2c(C)oc3cc(OCC(=O)c4ccc(Br)cc4)ccc3c2=O)cc1OC. The number of carbonyl (C=O) groups excluding carboxylic acids is 1. The summed E-state index contributed by atoms with van der Waals surface area (Å²) in [6.45, 7) is 1.61. The van der Waals surface area contributed by atoms with Crippen molar-refractivity contribution in [3.8, 4) is 28.4 Å². The predicted molar refractivity (Wildman–Crippen MR) is 130 cm³/mol.